The van der Waals surface area contributed by atoms with Crippen LogP contribution in [0.15, 0.2) is 84.9 Å². The van der Waals surface area contributed by atoms with Gasteiger partial charge >= 0.3 is 0 Å². The molecular weight excluding hydrogens is 1030 g/mol. The molecule has 3 nitrogen and oxygen atoms in total. The molecule has 0 bridgehead atoms. The number of rotatable bonds is 33. The zero-order valence-electron chi connectivity index (χ0n) is 47.7. The molecule has 3 aromatic carbocycles. The maximum Gasteiger partial charge on any atom is 0.135 e. The lowest BCUT2D eigenvalue weighted by atomic mass is 9.76. The summed E-state index contributed by atoms with van der Waals surface area (Å²) in [6, 6.07) is 33.5. The number of benzene rings is 3. The van der Waals surface area contributed by atoms with Crippen molar-refractivity contribution in [2.45, 2.75) is 227 Å². The van der Waals surface area contributed by atoms with Gasteiger partial charge in [0, 0.05) is 61.3 Å². The minimum absolute atomic E-state index is 0.328. The zero-order valence-corrected chi connectivity index (χ0v) is 51.8. The van der Waals surface area contributed by atoms with Crippen LogP contribution in [0.3, 0.4) is 0 Å². The number of ether oxygens (including phenoxy) is 1. The van der Waals surface area contributed by atoms with Gasteiger partial charge in [-0.25, -0.2) is 0 Å². The Morgan fingerprint density at radius 2 is 0.870 bits per heavy atom. The summed E-state index contributed by atoms with van der Waals surface area (Å²) in [6.07, 6.45) is 35.5. The van der Waals surface area contributed by atoms with Gasteiger partial charge in [0.25, 0.3) is 0 Å². The normalized spacial score (nSPS) is 12.9. The molecule has 0 atom stereocenters. The summed E-state index contributed by atoms with van der Waals surface area (Å²) in [6.45, 7) is 13.7. The fourth-order valence-electron chi connectivity index (χ4n) is 11.9. The second-order valence-corrected chi connectivity index (χ2v) is 27.6. The maximum absolute atomic E-state index is 7.48. The summed E-state index contributed by atoms with van der Waals surface area (Å²) in [7, 11) is 0. The number of nitrogens with zero attached hydrogens (tertiary/aromatic N) is 2. The highest BCUT2D eigenvalue weighted by molar-refractivity contribution is 7.25. The Balaban J connectivity index is 1.04. The second-order valence-electron chi connectivity index (χ2n) is 22.6. The van der Waals surface area contributed by atoms with Crippen molar-refractivity contribution < 1.29 is 4.74 Å². The van der Waals surface area contributed by atoms with E-state index in [0.29, 0.717) is 0 Å². The fraction of sp³-hybridized carbons (Fsp3) is 0.507. The number of hydrogen-bond donors (Lipinski definition) is 0. The number of aromatic nitrogens is 2. The van der Waals surface area contributed by atoms with Gasteiger partial charge in [-0.3, -0.25) is 0 Å². The summed E-state index contributed by atoms with van der Waals surface area (Å²) in [4.78, 5) is 11.0. The van der Waals surface area contributed by atoms with Crippen LogP contribution in [0.1, 0.15) is 222 Å². The van der Waals surface area contributed by atoms with Crippen molar-refractivity contribution in [3.63, 3.8) is 0 Å². The molecular formula is C69H88N2OS5. The van der Waals surface area contributed by atoms with E-state index in [-0.39, 0.29) is 5.60 Å². The van der Waals surface area contributed by atoms with Crippen molar-refractivity contribution in [1.29, 1.82) is 0 Å². The van der Waals surface area contributed by atoms with Crippen LogP contribution in [-0.4, -0.2) is 8.75 Å². The molecule has 77 heavy (non-hydrogen) atoms. The largest absolute Gasteiger partial charge is 0.482 e. The molecule has 6 heterocycles. The molecule has 0 saturated carbocycles. The molecule has 5 aromatic heterocycles. The summed E-state index contributed by atoms with van der Waals surface area (Å²) in [5.74, 6) is 1.07. The summed E-state index contributed by atoms with van der Waals surface area (Å²) >= 11 is 9.18. The number of thiophene rings is 4. The van der Waals surface area contributed by atoms with Gasteiger partial charge in [0.05, 0.1) is 11.7 Å². The lowest BCUT2D eigenvalue weighted by molar-refractivity contribution is 0.0385. The third-order valence-corrected chi connectivity index (χ3v) is 21.8. The van der Waals surface area contributed by atoms with Crippen LogP contribution in [0.25, 0.3) is 73.0 Å². The van der Waals surface area contributed by atoms with Crippen LogP contribution in [0.5, 0.6) is 5.75 Å². The summed E-state index contributed by atoms with van der Waals surface area (Å²) < 4.78 is 17.6. The zero-order chi connectivity index (χ0) is 53.4. The molecule has 8 aromatic rings. The average molecular weight is 1120 g/mol. The van der Waals surface area contributed by atoms with Crippen LogP contribution in [0, 0.1) is 13.8 Å². The highest BCUT2D eigenvalue weighted by atomic mass is 32.1. The molecule has 0 fully saturated rings. The van der Waals surface area contributed by atoms with E-state index in [9.17, 15) is 0 Å². The lowest BCUT2D eigenvalue weighted by Gasteiger charge is -2.41. The van der Waals surface area contributed by atoms with Gasteiger partial charge in [-0.2, -0.15) is 8.75 Å². The van der Waals surface area contributed by atoms with E-state index in [1.807, 2.05) is 45.3 Å². The van der Waals surface area contributed by atoms with Gasteiger partial charge in [-0.1, -0.05) is 193 Å². The molecule has 1 aliphatic heterocycles. The topological polar surface area (TPSA) is 35.0 Å². The standard InChI is InChI=1S/C69H88N2OS5/c1-7-11-15-19-23-27-31-52-47-63(75-67(52)61-40-34-50(6)73-61)56-38-39-57(66-65(56)70-77-71-66)64-48-53(32-28-24-20-16-12-8-2)68(76-64)62-42-41-60(74-62)51-35-37-54-55-36-33-49(5)45-59(55)72-69(58(54)46-51,43-29-25-21-17-13-9-3)44-30-26-22-18-14-10-4/h33-42,45-48H,7-32,43-44H2,1-6H3. The third kappa shape index (κ3) is 14.5. The fourth-order valence-corrected chi connectivity index (χ4v) is 17.1. The van der Waals surface area contributed by atoms with E-state index >= 15 is 0 Å². The molecule has 0 N–H and O–H groups in total. The van der Waals surface area contributed by atoms with Crippen molar-refractivity contribution in [3.05, 3.63) is 112 Å². The molecule has 9 rings (SSSR count). The molecule has 0 unspecified atom stereocenters. The Morgan fingerprint density at radius 3 is 1.40 bits per heavy atom. The minimum atomic E-state index is -0.328. The molecule has 0 amide bonds. The Morgan fingerprint density at radius 1 is 0.403 bits per heavy atom. The molecule has 0 spiro atoms. The van der Waals surface area contributed by atoms with Crippen LogP contribution in [-0.2, 0) is 18.4 Å². The number of aryl methyl sites for hydroxylation is 4. The molecule has 8 heteroatoms. The number of unbranched alkanes of at least 4 members (excludes halogenated alkanes) is 20. The van der Waals surface area contributed by atoms with E-state index in [1.165, 1.54) is 255 Å². The SMILES string of the molecule is CCCCCCCCc1cc(-c2ccc(-c3cc(CCCCCCCC)c(-c4ccc(-c5ccc6c(c5)C(CCCCCCCC)(CCCCCCCC)Oc5cc(C)ccc5-6)s4)s3)c3nsnc23)sc1-c1ccc(C)s1. The minimum Gasteiger partial charge on any atom is -0.482 e. The van der Waals surface area contributed by atoms with E-state index in [0.717, 1.165) is 42.5 Å². The van der Waals surface area contributed by atoms with Crippen LogP contribution < -0.4 is 4.74 Å². The monoisotopic (exact) mass is 1120 g/mol. The Bertz CT molecular complexity index is 3070. The van der Waals surface area contributed by atoms with Crippen LogP contribution in [0.2, 0.25) is 0 Å². The maximum atomic E-state index is 7.48. The van der Waals surface area contributed by atoms with Gasteiger partial charge in [0.1, 0.15) is 22.4 Å². The highest BCUT2D eigenvalue weighted by Gasteiger charge is 2.40. The molecule has 1 aliphatic rings. The number of hydrogen-bond acceptors (Lipinski definition) is 8. The van der Waals surface area contributed by atoms with Crippen LogP contribution in [0.4, 0.5) is 0 Å². The first kappa shape index (κ1) is 57.8. The van der Waals surface area contributed by atoms with E-state index in [4.69, 9.17) is 13.5 Å². The second kappa shape index (κ2) is 29.0. The molecule has 0 radical (unpaired) electrons. The van der Waals surface area contributed by atoms with Crippen molar-refractivity contribution in [3.8, 4) is 67.7 Å². The Hall–Kier alpha value is -3.92. The van der Waals surface area contributed by atoms with Gasteiger partial charge in [0.2, 0.25) is 0 Å². The first-order chi connectivity index (χ1) is 37.8. The highest BCUT2D eigenvalue weighted by Crippen LogP contribution is 2.53. The number of fused-ring (bicyclic) bond motifs is 4. The van der Waals surface area contributed by atoms with Crippen molar-refractivity contribution in [2.75, 3.05) is 0 Å². The van der Waals surface area contributed by atoms with Crippen molar-refractivity contribution in [1.82, 2.24) is 8.75 Å². The van der Waals surface area contributed by atoms with Gasteiger partial charge in [-0.15, -0.1) is 45.3 Å². The smallest absolute Gasteiger partial charge is 0.135 e. The Labute approximate surface area is 484 Å². The predicted molar refractivity (Wildman–Crippen MR) is 343 cm³/mol. The first-order valence-electron chi connectivity index (χ1n) is 30.5. The van der Waals surface area contributed by atoms with Gasteiger partial charge in [0.15, 0.2) is 0 Å². The first-order valence-corrected chi connectivity index (χ1v) is 34.5. The third-order valence-electron chi connectivity index (χ3n) is 16.4. The quantitative estimate of drug-likeness (QED) is 0.0385. The van der Waals surface area contributed by atoms with Gasteiger partial charge < -0.3 is 4.74 Å². The molecule has 0 aliphatic carbocycles. The Kier molecular flexibility index (Phi) is 21.7. The predicted octanol–water partition coefficient (Wildman–Crippen LogP) is 24.5. The van der Waals surface area contributed by atoms with Gasteiger partial charge in [-0.05, 0) is 142 Å². The molecule has 0 saturated heterocycles. The van der Waals surface area contributed by atoms with Crippen molar-refractivity contribution >= 4 is 68.1 Å². The van der Waals surface area contributed by atoms with Crippen molar-refractivity contribution in [2.24, 2.45) is 0 Å². The van der Waals surface area contributed by atoms with E-state index in [1.54, 1.807) is 0 Å². The summed E-state index contributed by atoms with van der Waals surface area (Å²) in [5.41, 5.74) is 13.8. The molecule has 410 valence electrons. The van der Waals surface area contributed by atoms with E-state index < -0.39 is 0 Å². The van der Waals surface area contributed by atoms with Crippen LogP contribution >= 0.6 is 57.1 Å². The lowest BCUT2D eigenvalue weighted by Crippen LogP contribution is -2.36. The summed E-state index contributed by atoms with van der Waals surface area (Å²) in [5, 5.41) is 0. The van der Waals surface area contributed by atoms with E-state index in [2.05, 4.69) is 126 Å². The average Bonchev–Trinajstić information content (AvgIpc) is 4.34.